The lowest BCUT2D eigenvalue weighted by Gasteiger charge is -2.01. The fourth-order valence-corrected chi connectivity index (χ4v) is 3.85. The molecule has 12 heteroatoms. The van der Waals surface area contributed by atoms with Crippen molar-refractivity contribution in [3.8, 4) is 5.13 Å². The SMILES string of the molecule is Cc1cc(CNC(=O)c2sc(-n3cnn(Cc4cc(F)cc(F)c4)c3=O)nc2C)no1. The van der Waals surface area contributed by atoms with Crippen molar-refractivity contribution in [2.24, 2.45) is 0 Å². The van der Waals surface area contributed by atoms with E-state index in [0.29, 0.717) is 22.0 Å². The molecule has 0 saturated heterocycles. The van der Waals surface area contributed by atoms with Gasteiger partial charge in [-0.15, -0.1) is 0 Å². The van der Waals surface area contributed by atoms with Crippen LogP contribution in [0.4, 0.5) is 8.78 Å². The lowest BCUT2D eigenvalue weighted by Crippen LogP contribution is -2.24. The molecule has 9 nitrogen and oxygen atoms in total. The van der Waals surface area contributed by atoms with E-state index in [2.05, 4.69) is 20.6 Å². The average molecular weight is 446 g/mol. The van der Waals surface area contributed by atoms with Gasteiger partial charge >= 0.3 is 5.69 Å². The molecule has 160 valence electrons. The Morgan fingerprint density at radius 1 is 1.19 bits per heavy atom. The predicted octanol–water partition coefficient (Wildman–Crippen LogP) is 2.35. The first-order chi connectivity index (χ1) is 14.8. The molecule has 0 atom stereocenters. The number of benzene rings is 1. The van der Waals surface area contributed by atoms with E-state index in [1.54, 1.807) is 19.9 Å². The van der Waals surface area contributed by atoms with Crippen LogP contribution in [-0.4, -0.2) is 30.4 Å². The summed E-state index contributed by atoms with van der Waals surface area (Å²) in [6.07, 6.45) is 1.25. The van der Waals surface area contributed by atoms with Gasteiger partial charge in [0, 0.05) is 12.1 Å². The summed E-state index contributed by atoms with van der Waals surface area (Å²) >= 11 is 1.02. The number of nitrogens with zero attached hydrogens (tertiary/aromatic N) is 5. The number of halogens is 2. The summed E-state index contributed by atoms with van der Waals surface area (Å²) in [6, 6.07) is 4.71. The van der Waals surface area contributed by atoms with Crippen molar-refractivity contribution < 1.29 is 18.1 Å². The summed E-state index contributed by atoms with van der Waals surface area (Å²) < 4.78 is 34.0. The summed E-state index contributed by atoms with van der Waals surface area (Å²) in [7, 11) is 0. The van der Waals surface area contributed by atoms with Crippen LogP contribution >= 0.6 is 11.3 Å². The van der Waals surface area contributed by atoms with Crippen LogP contribution in [0, 0.1) is 25.5 Å². The van der Waals surface area contributed by atoms with Gasteiger partial charge in [-0.05, 0) is 31.5 Å². The smallest absolute Gasteiger partial charge is 0.352 e. The van der Waals surface area contributed by atoms with Gasteiger partial charge in [-0.1, -0.05) is 16.5 Å². The van der Waals surface area contributed by atoms with Crippen LogP contribution in [0.15, 0.2) is 39.9 Å². The molecule has 1 aromatic carbocycles. The van der Waals surface area contributed by atoms with Crippen LogP contribution < -0.4 is 11.0 Å². The van der Waals surface area contributed by atoms with Crippen molar-refractivity contribution in [2.45, 2.75) is 26.9 Å². The summed E-state index contributed by atoms with van der Waals surface area (Å²) in [5, 5.41) is 10.8. The lowest BCUT2D eigenvalue weighted by atomic mass is 10.2. The Balaban J connectivity index is 1.52. The van der Waals surface area contributed by atoms with Gasteiger partial charge in [0.1, 0.15) is 34.3 Å². The highest BCUT2D eigenvalue weighted by molar-refractivity contribution is 7.16. The van der Waals surface area contributed by atoms with Gasteiger partial charge in [-0.3, -0.25) is 4.79 Å². The Kier molecular flexibility index (Phi) is 5.46. The zero-order valence-electron chi connectivity index (χ0n) is 16.4. The summed E-state index contributed by atoms with van der Waals surface area (Å²) in [5.41, 5.74) is 0.729. The number of hydrogen-bond donors (Lipinski definition) is 1. The molecule has 1 amide bonds. The zero-order valence-corrected chi connectivity index (χ0v) is 17.2. The largest absolute Gasteiger partial charge is 0.361 e. The van der Waals surface area contributed by atoms with Gasteiger partial charge in [0.15, 0.2) is 5.13 Å². The number of carbonyl (C=O) groups is 1. The van der Waals surface area contributed by atoms with Crippen LogP contribution in [0.25, 0.3) is 5.13 Å². The number of aromatic nitrogens is 5. The summed E-state index contributed by atoms with van der Waals surface area (Å²) in [4.78, 5) is 29.8. The van der Waals surface area contributed by atoms with E-state index in [0.717, 1.165) is 34.2 Å². The number of carbonyl (C=O) groups excluding carboxylic acids is 1. The summed E-state index contributed by atoms with van der Waals surface area (Å²) in [5.74, 6) is -1.21. The average Bonchev–Trinajstić information content (AvgIpc) is 3.39. The third kappa shape index (κ3) is 4.43. The van der Waals surface area contributed by atoms with E-state index in [1.165, 1.54) is 10.9 Å². The van der Waals surface area contributed by atoms with E-state index in [-0.39, 0.29) is 29.7 Å². The van der Waals surface area contributed by atoms with E-state index in [4.69, 9.17) is 4.52 Å². The molecule has 0 aliphatic rings. The first kappa shape index (κ1) is 20.6. The maximum absolute atomic E-state index is 13.4. The van der Waals surface area contributed by atoms with Gasteiger partial charge in [0.05, 0.1) is 18.8 Å². The molecular formula is C19H16F2N6O3S. The highest BCUT2D eigenvalue weighted by Crippen LogP contribution is 2.20. The number of hydrogen-bond acceptors (Lipinski definition) is 7. The summed E-state index contributed by atoms with van der Waals surface area (Å²) in [6.45, 7) is 3.47. The van der Waals surface area contributed by atoms with Crippen molar-refractivity contribution in [2.75, 3.05) is 0 Å². The first-order valence-corrected chi connectivity index (χ1v) is 9.89. The second-order valence-corrected chi connectivity index (χ2v) is 7.72. The fourth-order valence-electron chi connectivity index (χ4n) is 2.90. The number of nitrogens with one attached hydrogen (secondary N) is 1. The number of thiazole rings is 1. The number of amides is 1. The molecule has 0 aliphatic heterocycles. The van der Waals surface area contributed by atoms with E-state index >= 15 is 0 Å². The van der Waals surface area contributed by atoms with Gasteiger partial charge in [-0.25, -0.2) is 27.8 Å². The van der Waals surface area contributed by atoms with Crippen molar-refractivity contribution in [3.63, 3.8) is 0 Å². The van der Waals surface area contributed by atoms with Crippen LogP contribution in [0.2, 0.25) is 0 Å². The van der Waals surface area contributed by atoms with Gasteiger partial charge in [0.2, 0.25) is 0 Å². The van der Waals surface area contributed by atoms with Crippen molar-refractivity contribution in [1.82, 2.24) is 29.8 Å². The Hall–Kier alpha value is -3.67. The van der Waals surface area contributed by atoms with Crippen LogP contribution in [0.5, 0.6) is 0 Å². The minimum absolute atomic E-state index is 0.116. The zero-order chi connectivity index (χ0) is 22.1. The quantitative estimate of drug-likeness (QED) is 0.487. The maximum Gasteiger partial charge on any atom is 0.352 e. The topological polar surface area (TPSA) is 108 Å². The molecule has 3 heterocycles. The predicted molar refractivity (Wildman–Crippen MR) is 106 cm³/mol. The third-order valence-corrected chi connectivity index (χ3v) is 5.45. The van der Waals surface area contributed by atoms with Crippen LogP contribution in [-0.2, 0) is 13.1 Å². The third-order valence-electron chi connectivity index (χ3n) is 4.29. The molecular weight excluding hydrogens is 430 g/mol. The second-order valence-electron chi connectivity index (χ2n) is 6.74. The molecule has 3 aromatic heterocycles. The monoisotopic (exact) mass is 446 g/mol. The Morgan fingerprint density at radius 3 is 2.61 bits per heavy atom. The standard InChI is InChI=1S/C19H16F2N6O3S/c1-10-3-15(25-30-10)7-22-17(28)16-11(2)24-18(31-16)26-9-23-27(19(26)29)8-12-4-13(20)6-14(21)5-12/h3-6,9H,7-8H2,1-2H3,(H,22,28). The molecule has 0 unspecified atom stereocenters. The molecule has 31 heavy (non-hydrogen) atoms. The number of rotatable bonds is 6. The molecule has 1 N–H and O–H groups in total. The van der Waals surface area contributed by atoms with Crippen molar-refractivity contribution >= 4 is 17.2 Å². The molecule has 4 rings (SSSR count). The first-order valence-electron chi connectivity index (χ1n) is 9.08. The van der Waals surface area contributed by atoms with Crippen LogP contribution in [0.3, 0.4) is 0 Å². The minimum atomic E-state index is -0.741. The molecule has 0 aliphatic carbocycles. The highest BCUT2D eigenvalue weighted by atomic mass is 32.1. The molecule has 0 spiro atoms. The Bertz CT molecular complexity index is 1300. The van der Waals surface area contributed by atoms with Gasteiger partial charge < -0.3 is 9.84 Å². The second kappa shape index (κ2) is 8.22. The van der Waals surface area contributed by atoms with Crippen molar-refractivity contribution in [1.29, 1.82) is 0 Å². The van der Waals surface area contributed by atoms with Gasteiger partial charge in [-0.2, -0.15) is 5.10 Å². The van der Waals surface area contributed by atoms with Gasteiger partial charge in [0.25, 0.3) is 5.91 Å². The van der Waals surface area contributed by atoms with Crippen molar-refractivity contribution in [3.05, 3.63) is 80.3 Å². The molecule has 0 radical (unpaired) electrons. The van der Waals surface area contributed by atoms with E-state index in [9.17, 15) is 18.4 Å². The molecule has 0 bridgehead atoms. The molecule has 0 saturated carbocycles. The van der Waals surface area contributed by atoms with E-state index < -0.39 is 17.3 Å². The number of aryl methyl sites for hydroxylation is 2. The molecule has 0 fully saturated rings. The molecule has 4 aromatic rings. The van der Waals surface area contributed by atoms with Crippen LogP contribution in [0.1, 0.15) is 32.4 Å². The Labute approximate surface area is 177 Å². The highest BCUT2D eigenvalue weighted by Gasteiger charge is 2.19. The normalized spacial score (nSPS) is 11.1. The Morgan fingerprint density at radius 2 is 1.94 bits per heavy atom. The fraction of sp³-hybridized carbons (Fsp3) is 0.211. The minimum Gasteiger partial charge on any atom is -0.361 e. The van der Waals surface area contributed by atoms with E-state index in [1.807, 2.05) is 0 Å². The lowest BCUT2D eigenvalue weighted by molar-refractivity contribution is 0.0953. The maximum atomic E-state index is 13.4.